The number of esters is 2. The number of hydrogen-bond acceptors (Lipinski definition) is 7. The Morgan fingerprint density at radius 2 is 1.74 bits per heavy atom. The van der Waals surface area contributed by atoms with Crippen LogP contribution in [-0.2, 0) is 28.5 Å². The minimum atomic E-state index is -1.31. The van der Waals surface area contributed by atoms with Crippen LogP contribution in [0.15, 0.2) is 30.3 Å². The van der Waals surface area contributed by atoms with E-state index in [2.05, 4.69) is 0 Å². The highest BCUT2D eigenvalue weighted by Crippen LogP contribution is 2.23. The van der Waals surface area contributed by atoms with Gasteiger partial charge in [-0.25, -0.2) is 4.79 Å². The summed E-state index contributed by atoms with van der Waals surface area (Å²) in [6, 6.07) is 8.22. The number of Topliss-reactive ketones (excluding diaryl/α,β-unsaturated/α-hetero) is 1. The number of carbonyl (C=O) groups is 3. The van der Waals surface area contributed by atoms with Gasteiger partial charge in [0.2, 0.25) is 18.2 Å². The molecular formula is C16H18O7. The largest absolute Gasteiger partial charge is 0.452 e. The molecule has 1 fully saturated rings. The highest BCUT2D eigenvalue weighted by molar-refractivity contribution is 5.95. The summed E-state index contributed by atoms with van der Waals surface area (Å²) in [7, 11) is 1.33. The Balaban J connectivity index is 2.17. The van der Waals surface area contributed by atoms with E-state index < -0.39 is 42.3 Å². The van der Waals surface area contributed by atoms with Crippen LogP contribution in [0.1, 0.15) is 24.2 Å². The normalized spacial score (nSPS) is 27.3. The Kier molecular flexibility index (Phi) is 5.46. The lowest BCUT2D eigenvalue weighted by atomic mass is 10.0. The molecule has 1 saturated heterocycles. The first kappa shape index (κ1) is 17.1. The van der Waals surface area contributed by atoms with E-state index in [1.165, 1.54) is 14.0 Å². The third kappa shape index (κ3) is 3.94. The fourth-order valence-corrected chi connectivity index (χ4v) is 2.26. The molecule has 0 N–H and O–H groups in total. The molecule has 0 bridgehead atoms. The Bertz CT molecular complexity index is 583. The molecule has 1 aliphatic rings. The van der Waals surface area contributed by atoms with Crippen molar-refractivity contribution in [2.75, 3.05) is 7.11 Å². The van der Waals surface area contributed by atoms with Crippen molar-refractivity contribution in [2.45, 2.75) is 38.4 Å². The van der Waals surface area contributed by atoms with Crippen molar-refractivity contribution in [1.29, 1.82) is 0 Å². The second-order valence-electron chi connectivity index (χ2n) is 5.07. The van der Waals surface area contributed by atoms with Gasteiger partial charge in [0.1, 0.15) is 6.10 Å². The van der Waals surface area contributed by atoms with Crippen LogP contribution in [0.25, 0.3) is 0 Å². The summed E-state index contributed by atoms with van der Waals surface area (Å²) in [6.45, 7) is 2.76. The van der Waals surface area contributed by atoms with Gasteiger partial charge in [0.05, 0.1) is 5.56 Å². The maximum Gasteiger partial charge on any atom is 0.339 e. The third-order valence-corrected chi connectivity index (χ3v) is 3.35. The van der Waals surface area contributed by atoms with Crippen molar-refractivity contribution in [3.8, 4) is 0 Å². The van der Waals surface area contributed by atoms with Gasteiger partial charge in [-0.05, 0) is 19.1 Å². The lowest BCUT2D eigenvalue weighted by Crippen LogP contribution is -2.57. The quantitative estimate of drug-likeness (QED) is 0.767. The molecule has 0 amide bonds. The molecule has 1 aromatic carbocycles. The maximum atomic E-state index is 12.5. The molecule has 7 heteroatoms. The van der Waals surface area contributed by atoms with Crippen LogP contribution in [0.2, 0.25) is 0 Å². The molecule has 7 nitrogen and oxygen atoms in total. The average molecular weight is 322 g/mol. The molecule has 23 heavy (non-hydrogen) atoms. The summed E-state index contributed by atoms with van der Waals surface area (Å²) in [5, 5.41) is 0. The van der Waals surface area contributed by atoms with Crippen LogP contribution in [-0.4, -0.2) is 49.4 Å². The van der Waals surface area contributed by atoms with Gasteiger partial charge in [-0.3, -0.25) is 9.59 Å². The SMILES string of the molecule is CO[C@@H]1O[C@@H](C)[C@H](OC(C)=O)C(=O)[C@H]1OC(=O)c1ccccc1. The molecule has 124 valence electrons. The summed E-state index contributed by atoms with van der Waals surface area (Å²) in [5.74, 6) is -1.89. The van der Waals surface area contributed by atoms with Crippen LogP contribution >= 0.6 is 0 Å². The molecule has 0 aromatic heterocycles. The van der Waals surface area contributed by atoms with Crippen molar-refractivity contribution in [3.63, 3.8) is 0 Å². The summed E-state index contributed by atoms with van der Waals surface area (Å²) < 4.78 is 20.7. The van der Waals surface area contributed by atoms with E-state index in [9.17, 15) is 14.4 Å². The highest BCUT2D eigenvalue weighted by Gasteiger charge is 2.47. The second kappa shape index (κ2) is 7.34. The molecular weight excluding hydrogens is 304 g/mol. The second-order valence-corrected chi connectivity index (χ2v) is 5.07. The number of hydrogen-bond donors (Lipinski definition) is 0. The zero-order chi connectivity index (χ0) is 17.0. The fourth-order valence-electron chi connectivity index (χ4n) is 2.26. The molecule has 1 aliphatic heterocycles. The minimum Gasteiger partial charge on any atom is -0.452 e. The topological polar surface area (TPSA) is 88.1 Å². The van der Waals surface area contributed by atoms with Crippen molar-refractivity contribution < 1.29 is 33.3 Å². The van der Waals surface area contributed by atoms with Gasteiger partial charge in [-0.2, -0.15) is 0 Å². The molecule has 0 radical (unpaired) electrons. The van der Waals surface area contributed by atoms with E-state index in [4.69, 9.17) is 18.9 Å². The molecule has 0 spiro atoms. The standard InChI is InChI=1S/C16H18O7/c1-9-13(22-10(2)17)12(18)14(16(20-3)21-9)23-15(19)11-7-5-4-6-8-11/h4-9,13-14,16H,1-3H3/t9-,13-,14+,16+/m0/s1. The molecule has 1 aromatic rings. The van der Waals surface area contributed by atoms with E-state index in [0.717, 1.165) is 0 Å². The number of methoxy groups -OCH3 is 1. The van der Waals surface area contributed by atoms with E-state index in [1.807, 2.05) is 0 Å². The predicted molar refractivity (Wildman–Crippen MR) is 77.6 cm³/mol. The first-order valence-corrected chi connectivity index (χ1v) is 7.09. The van der Waals surface area contributed by atoms with Crippen LogP contribution in [0.3, 0.4) is 0 Å². The van der Waals surface area contributed by atoms with Crippen LogP contribution in [0, 0.1) is 0 Å². The Labute approximate surface area is 133 Å². The smallest absolute Gasteiger partial charge is 0.339 e. The van der Waals surface area contributed by atoms with Crippen molar-refractivity contribution in [2.24, 2.45) is 0 Å². The number of rotatable bonds is 4. The van der Waals surface area contributed by atoms with Gasteiger partial charge >= 0.3 is 11.9 Å². The van der Waals surface area contributed by atoms with Crippen LogP contribution in [0.4, 0.5) is 0 Å². The fraction of sp³-hybridized carbons (Fsp3) is 0.438. The van der Waals surface area contributed by atoms with Crippen molar-refractivity contribution >= 4 is 17.7 Å². The molecule has 0 saturated carbocycles. The van der Waals surface area contributed by atoms with Gasteiger partial charge in [-0.15, -0.1) is 0 Å². The highest BCUT2D eigenvalue weighted by atomic mass is 16.7. The zero-order valence-electron chi connectivity index (χ0n) is 13.1. The average Bonchev–Trinajstić information content (AvgIpc) is 2.54. The van der Waals surface area contributed by atoms with E-state index in [-0.39, 0.29) is 5.56 Å². The van der Waals surface area contributed by atoms with E-state index >= 15 is 0 Å². The summed E-state index contributed by atoms with van der Waals surface area (Å²) in [5.41, 5.74) is 0.290. The van der Waals surface area contributed by atoms with Crippen LogP contribution < -0.4 is 0 Å². The first-order chi connectivity index (χ1) is 10.9. The summed E-state index contributed by atoms with van der Waals surface area (Å²) >= 11 is 0. The van der Waals surface area contributed by atoms with Gasteiger partial charge in [0, 0.05) is 14.0 Å². The molecule has 1 heterocycles. The molecule has 2 rings (SSSR count). The van der Waals surface area contributed by atoms with E-state index in [1.54, 1.807) is 37.3 Å². The van der Waals surface area contributed by atoms with Gasteiger partial charge in [0.25, 0.3) is 0 Å². The van der Waals surface area contributed by atoms with E-state index in [0.29, 0.717) is 0 Å². The Hall–Kier alpha value is -2.25. The van der Waals surface area contributed by atoms with Gasteiger partial charge < -0.3 is 18.9 Å². The lowest BCUT2D eigenvalue weighted by molar-refractivity contribution is -0.242. The first-order valence-electron chi connectivity index (χ1n) is 7.09. The Morgan fingerprint density at radius 3 is 2.30 bits per heavy atom. The number of benzene rings is 1. The van der Waals surface area contributed by atoms with Crippen LogP contribution in [0.5, 0.6) is 0 Å². The predicted octanol–water partition coefficient (Wildman–Crippen LogP) is 1.10. The number of carbonyl (C=O) groups excluding carboxylic acids is 3. The van der Waals surface area contributed by atoms with Gasteiger partial charge in [-0.1, -0.05) is 18.2 Å². The number of ether oxygens (including phenoxy) is 4. The Morgan fingerprint density at radius 1 is 1.09 bits per heavy atom. The maximum absolute atomic E-state index is 12.5. The summed E-state index contributed by atoms with van der Waals surface area (Å²) in [4.78, 5) is 35.8. The molecule has 4 atom stereocenters. The molecule has 0 unspecified atom stereocenters. The summed E-state index contributed by atoms with van der Waals surface area (Å²) in [6.07, 6.45) is -4.22. The molecule has 0 aliphatic carbocycles. The van der Waals surface area contributed by atoms with Crippen molar-refractivity contribution in [1.82, 2.24) is 0 Å². The monoisotopic (exact) mass is 322 g/mol. The van der Waals surface area contributed by atoms with Gasteiger partial charge in [0.15, 0.2) is 6.10 Å². The zero-order valence-corrected chi connectivity index (χ0v) is 13.1. The third-order valence-electron chi connectivity index (χ3n) is 3.35. The number of ketones is 1. The van der Waals surface area contributed by atoms with Crippen molar-refractivity contribution in [3.05, 3.63) is 35.9 Å². The minimum absolute atomic E-state index is 0.290. The lowest BCUT2D eigenvalue weighted by Gasteiger charge is -2.36.